The first-order valence-corrected chi connectivity index (χ1v) is 7.03. The first-order chi connectivity index (χ1) is 10.5. The zero-order valence-electron chi connectivity index (χ0n) is 11.6. The molecule has 0 amide bonds. The van der Waals surface area contributed by atoms with Crippen molar-refractivity contribution in [1.82, 2.24) is 0 Å². The van der Waals surface area contributed by atoms with Crippen molar-refractivity contribution in [3.8, 4) is 11.5 Å². The smallest absolute Gasteiger partial charge is 0.269 e. The van der Waals surface area contributed by atoms with Crippen molar-refractivity contribution in [1.29, 1.82) is 0 Å². The average molecular weight is 366 g/mol. The molecular weight excluding hydrogens is 354 g/mol. The minimum Gasteiger partial charge on any atom is -0.493 e. The highest BCUT2D eigenvalue weighted by molar-refractivity contribution is 9.10. The van der Waals surface area contributed by atoms with Crippen LogP contribution in [0.15, 0.2) is 40.9 Å². The van der Waals surface area contributed by atoms with E-state index in [9.17, 15) is 14.9 Å². The van der Waals surface area contributed by atoms with Crippen molar-refractivity contribution in [2.24, 2.45) is 0 Å². The van der Waals surface area contributed by atoms with Gasteiger partial charge in [-0.3, -0.25) is 14.9 Å². The van der Waals surface area contributed by atoms with Crippen molar-refractivity contribution in [3.05, 3.63) is 62.1 Å². The normalized spacial score (nSPS) is 10.1. The van der Waals surface area contributed by atoms with Gasteiger partial charge in [-0.25, -0.2) is 0 Å². The Morgan fingerprint density at radius 2 is 1.91 bits per heavy atom. The summed E-state index contributed by atoms with van der Waals surface area (Å²) >= 11 is 3.27. The average Bonchev–Trinajstić information content (AvgIpc) is 2.53. The predicted octanol–water partition coefficient (Wildman–Crippen LogP) is 3.76. The third kappa shape index (κ3) is 3.62. The molecule has 0 fully saturated rings. The number of aldehydes is 1. The molecule has 0 aliphatic carbocycles. The lowest BCUT2D eigenvalue weighted by atomic mass is 10.2. The van der Waals surface area contributed by atoms with Crippen LogP contribution in [0.3, 0.4) is 0 Å². The van der Waals surface area contributed by atoms with Crippen LogP contribution in [0.5, 0.6) is 11.5 Å². The van der Waals surface area contributed by atoms with Crippen LogP contribution in [-0.2, 0) is 6.61 Å². The fourth-order valence-electron chi connectivity index (χ4n) is 1.79. The highest BCUT2D eigenvalue weighted by atomic mass is 79.9. The Labute approximate surface area is 134 Å². The molecule has 0 saturated heterocycles. The van der Waals surface area contributed by atoms with E-state index < -0.39 is 4.92 Å². The van der Waals surface area contributed by atoms with Crippen molar-refractivity contribution in [3.63, 3.8) is 0 Å². The standard InChI is InChI=1S/C15H12BrNO5/c1-21-14-7-13(16)11(8-18)6-15(14)22-9-10-2-4-12(5-3-10)17(19)20/h2-8H,9H2,1H3. The number of methoxy groups -OCH3 is 1. The number of halogens is 1. The molecule has 7 heteroatoms. The highest BCUT2D eigenvalue weighted by Gasteiger charge is 2.11. The van der Waals surface area contributed by atoms with Gasteiger partial charge in [-0.2, -0.15) is 0 Å². The Balaban J connectivity index is 2.16. The summed E-state index contributed by atoms with van der Waals surface area (Å²) in [7, 11) is 1.50. The number of carbonyl (C=O) groups is 1. The molecule has 2 rings (SSSR count). The molecule has 22 heavy (non-hydrogen) atoms. The summed E-state index contributed by atoms with van der Waals surface area (Å²) in [4.78, 5) is 21.1. The van der Waals surface area contributed by atoms with Crippen LogP contribution >= 0.6 is 15.9 Å². The summed E-state index contributed by atoms with van der Waals surface area (Å²) in [6.07, 6.45) is 0.711. The maximum atomic E-state index is 11.0. The minimum absolute atomic E-state index is 0.0215. The molecule has 0 unspecified atom stereocenters. The summed E-state index contributed by atoms with van der Waals surface area (Å²) < 4.78 is 11.5. The third-order valence-corrected chi connectivity index (χ3v) is 3.64. The first-order valence-electron chi connectivity index (χ1n) is 6.24. The fraction of sp³-hybridized carbons (Fsp3) is 0.133. The van der Waals surface area contributed by atoms with E-state index in [1.54, 1.807) is 24.3 Å². The molecule has 0 bridgehead atoms. The minimum atomic E-state index is -0.460. The molecule has 2 aromatic rings. The Morgan fingerprint density at radius 3 is 2.45 bits per heavy atom. The molecule has 6 nitrogen and oxygen atoms in total. The van der Waals surface area contributed by atoms with E-state index in [0.717, 1.165) is 5.56 Å². The van der Waals surface area contributed by atoms with E-state index in [2.05, 4.69) is 15.9 Å². The predicted molar refractivity (Wildman–Crippen MR) is 83.5 cm³/mol. The second kappa shape index (κ2) is 7.04. The number of nitrogens with zero attached hydrogens (tertiary/aromatic N) is 1. The summed E-state index contributed by atoms with van der Waals surface area (Å²) in [5.41, 5.74) is 1.23. The highest BCUT2D eigenvalue weighted by Crippen LogP contribution is 2.33. The number of rotatable bonds is 6. The van der Waals surface area contributed by atoms with E-state index in [4.69, 9.17) is 9.47 Å². The molecule has 0 aliphatic rings. The van der Waals surface area contributed by atoms with Crippen LogP contribution in [-0.4, -0.2) is 18.3 Å². The third-order valence-electron chi connectivity index (χ3n) is 2.95. The van der Waals surface area contributed by atoms with Gasteiger partial charge in [0.15, 0.2) is 17.8 Å². The lowest BCUT2D eigenvalue weighted by Crippen LogP contribution is -1.99. The van der Waals surface area contributed by atoms with Crippen LogP contribution in [0, 0.1) is 10.1 Å². The molecule has 114 valence electrons. The number of hydrogen-bond donors (Lipinski definition) is 0. The number of hydrogen-bond acceptors (Lipinski definition) is 5. The van der Waals surface area contributed by atoms with E-state index in [1.165, 1.54) is 19.2 Å². The second-order valence-corrected chi connectivity index (χ2v) is 5.21. The Morgan fingerprint density at radius 1 is 1.23 bits per heavy atom. The molecule has 0 N–H and O–H groups in total. The van der Waals surface area contributed by atoms with E-state index in [1.807, 2.05) is 0 Å². The van der Waals surface area contributed by atoms with Crippen LogP contribution in [0.25, 0.3) is 0 Å². The molecule has 0 aromatic heterocycles. The van der Waals surface area contributed by atoms with E-state index in [0.29, 0.717) is 27.8 Å². The van der Waals surface area contributed by atoms with Gasteiger partial charge >= 0.3 is 0 Å². The lowest BCUT2D eigenvalue weighted by Gasteiger charge is -2.12. The number of nitro groups is 1. The van der Waals surface area contributed by atoms with Crippen LogP contribution in [0.1, 0.15) is 15.9 Å². The number of ether oxygens (including phenoxy) is 2. The number of carbonyl (C=O) groups excluding carboxylic acids is 1. The molecule has 0 spiro atoms. The van der Waals surface area contributed by atoms with Gasteiger partial charge in [-0.15, -0.1) is 0 Å². The Bertz CT molecular complexity index is 700. The summed E-state index contributed by atoms with van der Waals surface area (Å²) in [5.74, 6) is 0.908. The van der Waals surface area contributed by atoms with Gasteiger partial charge in [0, 0.05) is 22.2 Å². The SMILES string of the molecule is COc1cc(Br)c(C=O)cc1OCc1ccc([N+](=O)[O-])cc1. The van der Waals surface area contributed by atoms with Crippen LogP contribution in [0.4, 0.5) is 5.69 Å². The molecule has 0 radical (unpaired) electrons. The summed E-state index contributed by atoms with van der Waals surface area (Å²) in [6, 6.07) is 9.27. The van der Waals surface area contributed by atoms with Gasteiger partial charge in [0.2, 0.25) is 0 Å². The van der Waals surface area contributed by atoms with Gasteiger partial charge in [0.1, 0.15) is 6.61 Å². The molecule has 0 atom stereocenters. The molecule has 0 heterocycles. The lowest BCUT2D eigenvalue weighted by molar-refractivity contribution is -0.384. The Kier molecular flexibility index (Phi) is 5.11. The molecule has 2 aromatic carbocycles. The number of benzene rings is 2. The molecule has 0 saturated carbocycles. The fourth-order valence-corrected chi connectivity index (χ4v) is 2.20. The van der Waals surface area contributed by atoms with Crippen molar-refractivity contribution in [2.75, 3.05) is 7.11 Å². The number of non-ortho nitro benzene ring substituents is 1. The van der Waals surface area contributed by atoms with Crippen LogP contribution < -0.4 is 9.47 Å². The van der Waals surface area contributed by atoms with E-state index >= 15 is 0 Å². The monoisotopic (exact) mass is 365 g/mol. The van der Waals surface area contributed by atoms with Crippen molar-refractivity contribution < 1.29 is 19.2 Å². The van der Waals surface area contributed by atoms with Crippen LogP contribution in [0.2, 0.25) is 0 Å². The van der Waals surface area contributed by atoms with Gasteiger partial charge in [0.25, 0.3) is 5.69 Å². The maximum absolute atomic E-state index is 11.0. The van der Waals surface area contributed by atoms with Crippen molar-refractivity contribution >= 4 is 27.9 Å². The van der Waals surface area contributed by atoms with Gasteiger partial charge < -0.3 is 9.47 Å². The van der Waals surface area contributed by atoms with Gasteiger partial charge in [0.05, 0.1) is 12.0 Å². The van der Waals surface area contributed by atoms with Gasteiger partial charge in [-0.1, -0.05) is 0 Å². The maximum Gasteiger partial charge on any atom is 0.269 e. The largest absolute Gasteiger partial charge is 0.493 e. The van der Waals surface area contributed by atoms with Gasteiger partial charge in [-0.05, 0) is 45.8 Å². The molecular formula is C15H12BrNO5. The topological polar surface area (TPSA) is 78.7 Å². The second-order valence-electron chi connectivity index (χ2n) is 4.35. The van der Waals surface area contributed by atoms with E-state index in [-0.39, 0.29) is 12.3 Å². The quantitative estimate of drug-likeness (QED) is 0.442. The number of nitro benzene ring substituents is 1. The molecule has 0 aliphatic heterocycles. The Hall–Kier alpha value is -2.41. The van der Waals surface area contributed by atoms with Crippen molar-refractivity contribution in [2.45, 2.75) is 6.61 Å². The zero-order valence-corrected chi connectivity index (χ0v) is 13.2. The zero-order chi connectivity index (χ0) is 16.1. The first kappa shape index (κ1) is 16.0. The summed E-state index contributed by atoms with van der Waals surface area (Å²) in [5, 5.41) is 10.6. The summed E-state index contributed by atoms with van der Waals surface area (Å²) in [6.45, 7) is 0.203.